The molecule has 0 fully saturated rings. The van der Waals surface area contributed by atoms with Gasteiger partial charge in [0.25, 0.3) is 0 Å². The number of primary amides is 2. The quantitative estimate of drug-likeness (QED) is 0.562. The maximum Gasteiger partial charge on any atom is 0.217 e. The molecule has 0 unspecified atom stereocenters. The van der Waals surface area contributed by atoms with Gasteiger partial charge in [-0.25, -0.2) is 0 Å². The van der Waals surface area contributed by atoms with Gasteiger partial charge >= 0.3 is 0 Å². The van der Waals surface area contributed by atoms with Gasteiger partial charge in [-0.05, 0) is 67.2 Å². The zero-order chi connectivity index (χ0) is 19.5. The molecule has 144 valence electrons. The summed E-state index contributed by atoms with van der Waals surface area (Å²) in [6.45, 7) is 0. The third kappa shape index (κ3) is 8.54. The van der Waals surface area contributed by atoms with Crippen molar-refractivity contribution in [3.63, 3.8) is 0 Å². The lowest BCUT2D eigenvalue weighted by atomic mass is 9.99. The average molecular weight is 367 g/mol. The number of hydrogen-bond donors (Lipinski definition) is 2. The van der Waals surface area contributed by atoms with Crippen LogP contribution in [0.3, 0.4) is 0 Å². The Kier molecular flexibility index (Phi) is 8.56. The van der Waals surface area contributed by atoms with Crippen LogP contribution in [-0.2, 0) is 28.9 Å². The highest BCUT2D eigenvalue weighted by atomic mass is 16.1. The Labute approximate surface area is 162 Å². The molecule has 4 nitrogen and oxygen atoms in total. The van der Waals surface area contributed by atoms with Gasteiger partial charge in [0.05, 0.1) is 0 Å². The van der Waals surface area contributed by atoms with Crippen LogP contribution in [0.15, 0.2) is 48.5 Å². The smallest absolute Gasteiger partial charge is 0.217 e. The molecule has 27 heavy (non-hydrogen) atoms. The second-order valence-electron chi connectivity index (χ2n) is 7.16. The maximum atomic E-state index is 10.7. The minimum atomic E-state index is -0.220. The first kappa shape index (κ1) is 20.7. The summed E-state index contributed by atoms with van der Waals surface area (Å²) in [5.74, 6) is -0.441. The molecule has 0 atom stereocenters. The molecule has 0 aliphatic carbocycles. The van der Waals surface area contributed by atoms with Crippen LogP contribution in [0.5, 0.6) is 0 Å². The third-order valence-corrected chi connectivity index (χ3v) is 4.73. The molecule has 0 radical (unpaired) electrons. The summed E-state index contributed by atoms with van der Waals surface area (Å²) in [4.78, 5) is 21.5. The SMILES string of the molecule is NC(=O)CCCCc1ccc(Cc2ccc(CCCCC(N)=O)cc2)cc1. The first-order valence-electron chi connectivity index (χ1n) is 9.75. The summed E-state index contributed by atoms with van der Waals surface area (Å²) in [6, 6.07) is 17.4. The van der Waals surface area contributed by atoms with E-state index in [0.29, 0.717) is 12.8 Å². The first-order chi connectivity index (χ1) is 13.0. The van der Waals surface area contributed by atoms with Crippen molar-refractivity contribution in [1.29, 1.82) is 0 Å². The lowest BCUT2D eigenvalue weighted by Crippen LogP contribution is -2.09. The standard InChI is InChI=1S/C23H30N2O2/c24-22(26)7-3-1-5-18-9-13-20(14-10-18)17-21-15-11-19(12-16-21)6-2-4-8-23(25)27/h9-16H,1-8,17H2,(H2,24,26)(H2,25,27). The largest absolute Gasteiger partial charge is 0.370 e. The summed E-state index contributed by atoms with van der Waals surface area (Å²) < 4.78 is 0. The fraction of sp³-hybridized carbons (Fsp3) is 0.391. The van der Waals surface area contributed by atoms with Crippen LogP contribution in [0.2, 0.25) is 0 Å². The van der Waals surface area contributed by atoms with Crippen molar-refractivity contribution in [2.24, 2.45) is 11.5 Å². The highest BCUT2D eigenvalue weighted by molar-refractivity contribution is 5.73. The van der Waals surface area contributed by atoms with E-state index in [9.17, 15) is 9.59 Å². The minimum Gasteiger partial charge on any atom is -0.370 e. The Hall–Kier alpha value is -2.62. The highest BCUT2D eigenvalue weighted by Gasteiger charge is 2.01. The molecular weight excluding hydrogens is 336 g/mol. The lowest BCUT2D eigenvalue weighted by molar-refractivity contribution is -0.119. The number of benzene rings is 2. The summed E-state index contributed by atoms with van der Waals surface area (Å²) in [6.07, 6.45) is 7.52. The van der Waals surface area contributed by atoms with Gasteiger partial charge < -0.3 is 11.5 Å². The minimum absolute atomic E-state index is 0.220. The summed E-state index contributed by atoms with van der Waals surface area (Å²) in [7, 11) is 0. The summed E-state index contributed by atoms with van der Waals surface area (Å²) in [5, 5.41) is 0. The Balaban J connectivity index is 1.76. The van der Waals surface area contributed by atoms with E-state index < -0.39 is 0 Å². The number of hydrogen-bond acceptors (Lipinski definition) is 2. The number of amides is 2. The molecule has 0 aliphatic heterocycles. The predicted molar refractivity (Wildman–Crippen MR) is 109 cm³/mol. The molecule has 4 N–H and O–H groups in total. The van der Waals surface area contributed by atoms with Crippen molar-refractivity contribution in [2.45, 2.75) is 57.8 Å². The Bertz CT molecular complexity index is 658. The van der Waals surface area contributed by atoms with Gasteiger partial charge in [-0.2, -0.15) is 0 Å². The van der Waals surface area contributed by atoms with E-state index in [1.54, 1.807) is 0 Å². The van der Waals surface area contributed by atoms with E-state index in [1.807, 2.05) is 0 Å². The number of aryl methyl sites for hydroxylation is 2. The second kappa shape index (κ2) is 11.2. The number of unbranched alkanes of at least 4 members (excludes halogenated alkanes) is 2. The topological polar surface area (TPSA) is 86.2 Å². The molecular formula is C23H30N2O2. The number of rotatable bonds is 12. The van der Waals surface area contributed by atoms with Crippen molar-refractivity contribution in [2.75, 3.05) is 0 Å². The normalized spacial score (nSPS) is 10.7. The van der Waals surface area contributed by atoms with Crippen LogP contribution in [-0.4, -0.2) is 11.8 Å². The number of carbonyl (C=O) groups excluding carboxylic acids is 2. The first-order valence-corrected chi connectivity index (χ1v) is 9.75. The molecule has 0 saturated carbocycles. The molecule has 4 heteroatoms. The molecule has 0 spiro atoms. The van der Waals surface area contributed by atoms with Crippen molar-refractivity contribution in [1.82, 2.24) is 0 Å². The molecule has 2 aromatic rings. The predicted octanol–water partition coefficient (Wildman–Crippen LogP) is 3.67. The second-order valence-corrected chi connectivity index (χ2v) is 7.16. The fourth-order valence-electron chi connectivity index (χ4n) is 3.14. The highest BCUT2D eigenvalue weighted by Crippen LogP contribution is 2.15. The fourth-order valence-corrected chi connectivity index (χ4v) is 3.14. The van der Waals surface area contributed by atoms with Gasteiger partial charge in [-0.15, -0.1) is 0 Å². The van der Waals surface area contributed by atoms with Crippen LogP contribution >= 0.6 is 0 Å². The summed E-state index contributed by atoms with van der Waals surface area (Å²) >= 11 is 0. The van der Waals surface area contributed by atoms with E-state index in [0.717, 1.165) is 44.9 Å². The lowest BCUT2D eigenvalue weighted by Gasteiger charge is -2.06. The molecule has 0 aliphatic rings. The van der Waals surface area contributed by atoms with Crippen LogP contribution in [0.4, 0.5) is 0 Å². The Morgan fingerprint density at radius 2 is 0.889 bits per heavy atom. The summed E-state index contributed by atoms with van der Waals surface area (Å²) in [5.41, 5.74) is 15.5. The van der Waals surface area contributed by atoms with Gasteiger partial charge in [-0.3, -0.25) is 9.59 Å². The van der Waals surface area contributed by atoms with Crippen molar-refractivity contribution in [3.8, 4) is 0 Å². The van der Waals surface area contributed by atoms with E-state index in [4.69, 9.17) is 11.5 Å². The number of carbonyl (C=O) groups is 2. The monoisotopic (exact) mass is 366 g/mol. The molecule has 0 heterocycles. The zero-order valence-corrected chi connectivity index (χ0v) is 16.0. The van der Waals surface area contributed by atoms with Crippen LogP contribution < -0.4 is 11.5 Å². The van der Waals surface area contributed by atoms with Gasteiger partial charge in [0, 0.05) is 12.8 Å². The van der Waals surface area contributed by atoms with Crippen LogP contribution in [0.1, 0.15) is 60.8 Å². The van der Waals surface area contributed by atoms with Gasteiger partial charge in [0.15, 0.2) is 0 Å². The van der Waals surface area contributed by atoms with Crippen molar-refractivity contribution < 1.29 is 9.59 Å². The van der Waals surface area contributed by atoms with E-state index in [1.165, 1.54) is 22.3 Å². The van der Waals surface area contributed by atoms with Crippen LogP contribution in [0, 0.1) is 0 Å². The van der Waals surface area contributed by atoms with Crippen molar-refractivity contribution >= 4 is 11.8 Å². The van der Waals surface area contributed by atoms with E-state index in [2.05, 4.69) is 48.5 Å². The van der Waals surface area contributed by atoms with Gasteiger partial charge in [0.2, 0.25) is 11.8 Å². The molecule has 0 aromatic heterocycles. The van der Waals surface area contributed by atoms with E-state index in [-0.39, 0.29) is 11.8 Å². The Morgan fingerprint density at radius 3 is 1.22 bits per heavy atom. The third-order valence-electron chi connectivity index (χ3n) is 4.73. The molecule has 0 bridgehead atoms. The van der Waals surface area contributed by atoms with E-state index >= 15 is 0 Å². The molecule has 2 amide bonds. The average Bonchev–Trinajstić information content (AvgIpc) is 2.65. The van der Waals surface area contributed by atoms with Crippen LogP contribution in [0.25, 0.3) is 0 Å². The maximum absolute atomic E-state index is 10.7. The Morgan fingerprint density at radius 1 is 0.556 bits per heavy atom. The van der Waals surface area contributed by atoms with Crippen molar-refractivity contribution in [3.05, 3.63) is 70.8 Å². The molecule has 2 rings (SSSR count). The zero-order valence-electron chi connectivity index (χ0n) is 16.0. The molecule has 2 aromatic carbocycles. The molecule has 0 saturated heterocycles. The number of nitrogens with two attached hydrogens (primary N) is 2. The van der Waals surface area contributed by atoms with Gasteiger partial charge in [-0.1, -0.05) is 48.5 Å². The van der Waals surface area contributed by atoms with Gasteiger partial charge in [0.1, 0.15) is 0 Å².